The number of nitrogens with zero attached hydrogens (tertiary/aromatic N) is 2. The third-order valence-corrected chi connectivity index (χ3v) is 5.22. The van der Waals surface area contributed by atoms with E-state index in [1.54, 1.807) is 6.07 Å². The normalized spacial score (nSPS) is 18.8. The first-order valence-electron chi connectivity index (χ1n) is 9.80. The minimum atomic E-state index is -5.08. The Labute approximate surface area is 179 Å². The molecule has 0 amide bonds. The summed E-state index contributed by atoms with van der Waals surface area (Å²) in [6, 6.07) is 3.34. The van der Waals surface area contributed by atoms with Crippen LogP contribution in [-0.4, -0.2) is 58.6 Å². The number of benzene rings is 1. The number of aromatic carboxylic acids is 1. The zero-order valence-electron chi connectivity index (χ0n) is 16.9. The fourth-order valence-electron chi connectivity index (χ4n) is 3.56. The number of rotatable bonds is 3. The highest BCUT2D eigenvalue weighted by Gasteiger charge is 2.38. The highest BCUT2D eigenvalue weighted by molar-refractivity contribution is 5.93. The first kappa shape index (κ1) is 23.5. The molecular formula is C20H21F4N3O5. The molecular weight excluding hydrogens is 438 g/mol. The van der Waals surface area contributed by atoms with Crippen LogP contribution >= 0.6 is 0 Å². The average Bonchev–Trinajstić information content (AvgIpc) is 3.53. The Morgan fingerprint density at radius 2 is 1.81 bits per heavy atom. The molecule has 1 aromatic carbocycles. The smallest absolute Gasteiger partial charge is 0.477 e. The fraction of sp³-hybridized carbons (Fsp3) is 0.450. The van der Waals surface area contributed by atoms with Gasteiger partial charge in [-0.25, -0.2) is 14.0 Å². The van der Waals surface area contributed by atoms with Crippen molar-refractivity contribution < 1.29 is 37.4 Å². The molecule has 1 saturated carbocycles. The molecule has 1 atom stereocenters. The molecule has 0 spiro atoms. The molecule has 1 aliphatic carbocycles. The Balaban J connectivity index is 0.000000360. The standard InChI is InChI=1S/C18H20FN3O3.C2HF3O2/c1-10-8-21(5-4-20-10)16-7-15-12(6-14(16)19)17(23)13(18(24)25)9-22(15)11-2-3-11;3-2(4,5)1(6)7/h6-7,9-11,20H,2-5,8H2,1H3,(H,24,25);(H,6,7). The Bertz CT molecular complexity index is 1110. The fourth-order valence-corrected chi connectivity index (χ4v) is 3.56. The first-order valence-corrected chi connectivity index (χ1v) is 9.80. The van der Waals surface area contributed by atoms with Gasteiger partial charge < -0.3 is 25.0 Å². The number of carbonyl (C=O) groups is 2. The Hall–Kier alpha value is -3.15. The van der Waals surface area contributed by atoms with E-state index >= 15 is 0 Å². The van der Waals surface area contributed by atoms with Gasteiger partial charge in [0.2, 0.25) is 5.43 Å². The summed E-state index contributed by atoms with van der Waals surface area (Å²) in [5.41, 5.74) is 0.152. The number of anilines is 1. The van der Waals surface area contributed by atoms with Crippen LogP contribution in [0.4, 0.5) is 23.2 Å². The molecule has 1 aromatic heterocycles. The largest absolute Gasteiger partial charge is 0.490 e. The van der Waals surface area contributed by atoms with Crippen molar-refractivity contribution in [3.63, 3.8) is 0 Å². The number of aliphatic carboxylic acids is 1. The van der Waals surface area contributed by atoms with Gasteiger partial charge in [0.05, 0.1) is 11.2 Å². The topological polar surface area (TPSA) is 112 Å². The predicted molar refractivity (Wildman–Crippen MR) is 107 cm³/mol. The monoisotopic (exact) mass is 459 g/mol. The average molecular weight is 459 g/mol. The Morgan fingerprint density at radius 1 is 1.19 bits per heavy atom. The number of alkyl halides is 3. The van der Waals surface area contributed by atoms with E-state index in [1.807, 2.05) is 16.4 Å². The molecule has 1 unspecified atom stereocenters. The second kappa shape index (κ2) is 8.77. The zero-order valence-corrected chi connectivity index (χ0v) is 16.9. The lowest BCUT2D eigenvalue weighted by molar-refractivity contribution is -0.192. The maximum absolute atomic E-state index is 14.7. The van der Waals surface area contributed by atoms with Crippen LogP contribution in [-0.2, 0) is 4.79 Å². The number of carboxylic acid groups (broad SMARTS) is 2. The van der Waals surface area contributed by atoms with E-state index in [-0.39, 0.29) is 23.0 Å². The maximum atomic E-state index is 14.7. The number of hydrogen-bond donors (Lipinski definition) is 3. The highest BCUT2D eigenvalue weighted by Crippen LogP contribution is 2.38. The Morgan fingerprint density at radius 3 is 2.31 bits per heavy atom. The van der Waals surface area contributed by atoms with Gasteiger partial charge in [-0.2, -0.15) is 13.2 Å². The maximum Gasteiger partial charge on any atom is 0.490 e. The van der Waals surface area contributed by atoms with Gasteiger partial charge >= 0.3 is 18.1 Å². The van der Waals surface area contributed by atoms with Gasteiger partial charge in [0.15, 0.2) is 0 Å². The molecule has 12 heteroatoms. The molecule has 1 aliphatic heterocycles. The summed E-state index contributed by atoms with van der Waals surface area (Å²) in [5.74, 6) is -4.52. The van der Waals surface area contributed by atoms with Crippen LogP contribution in [0.1, 0.15) is 36.2 Å². The summed E-state index contributed by atoms with van der Waals surface area (Å²) >= 11 is 0. The lowest BCUT2D eigenvalue weighted by Gasteiger charge is -2.34. The van der Waals surface area contributed by atoms with Crippen LogP contribution < -0.4 is 15.6 Å². The quantitative estimate of drug-likeness (QED) is 0.605. The summed E-state index contributed by atoms with van der Waals surface area (Å²) in [6.45, 7) is 4.19. The number of pyridine rings is 1. The highest BCUT2D eigenvalue weighted by atomic mass is 19.4. The number of nitrogens with one attached hydrogen (secondary N) is 1. The SMILES string of the molecule is CC1CN(c2cc3c(cc2F)c(=O)c(C(=O)O)cn3C2CC2)CCN1.O=C(O)C(F)(F)F. The van der Waals surface area contributed by atoms with E-state index in [1.165, 1.54) is 12.3 Å². The Kier molecular flexibility index (Phi) is 6.44. The first-order chi connectivity index (χ1) is 14.9. The third-order valence-electron chi connectivity index (χ3n) is 5.22. The van der Waals surface area contributed by atoms with Crippen molar-refractivity contribution in [1.82, 2.24) is 9.88 Å². The van der Waals surface area contributed by atoms with E-state index in [0.717, 1.165) is 19.4 Å². The summed E-state index contributed by atoms with van der Waals surface area (Å²) < 4.78 is 48.3. The molecule has 2 heterocycles. The van der Waals surface area contributed by atoms with E-state index in [0.29, 0.717) is 24.3 Å². The van der Waals surface area contributed by atoms with Crippen molar-refractivity contribution in [1.29, 1.82) is 0 Å². The number of hydrogen-bond acceptors (Lipinski definition) is 5. The van der Waals surface area contributed by atoms with E-state index in [2.05, 4.69) is 5.32 Å². The van der Waals surface area contributed by atoms with Gasteiger partial charge in [-0.05, 0) is 31.9 Å². The lowest BCUT2D eigenvalue weighted by atomic mass is 10.1. The van der Waals surface area contributed by atoms with E-state index < -0.39 is 29.4 Å². The number of aromatic nitrogens is 1. The summed E-state index contributed by atoms with van der Waals surface area (Å²) in [7, 11) is 0. The molecule has 1 saturated heterocycles. The van der Waals surface area contributed by atoms with Gasteiger partial charge in [-0.3, -0.25) is 4.79 Å². The van der Waals surface area contributed by atoms with Crippen molar-refractivity contribution in [2.45, 2.75) is 38.0 Å². The van der Waals surface area contributed by atoms with E-state index in [4.69, 9.17) is 9.90 Å². The van der Waals surface area contributed by atoms with Crippen molar-refractivity contribution in [3.8, 4) is 0 Å². The van der Waals surface area contributed by atoms with Crippen LogP contribution in [0.2, 0.25) is 0 Å². The zero-order chi connectivity index (χ0) is 23.8. The van der Waals surface area contributed by atoms with Crippen LogP contribution in [0.3, 0.4) is 0 Å². The van der Waals surface area contributed by atoms with Crippen LogP contribution in [0.5, 0.6) is 0 Å². The molecule has 174 valence electrons. The van der Waals surface area contributed by atoms with Crippen molar-refractivity contribution >= 4 is 28.5 Å². The van der Waals surface area contributed by atoms with Crippen LogP contribution in [0, 0.1) is 5.82 Å². The van der Waals surface area contributed by atoms with Gasteiger partial charge in [0, 0.05) is 43.3 Å². The molecule has 0 radical (unpaired) electrons. The summed E-state index contributed by atoms with van der Waals surface area (Å²) in [5, 5.41) is 19.9. The number of halogens is 4. The van der Waals surface area contributed by atoms with Crippen LogP contribution in [0.15, 0.2) is 23.1 Å². The van der Waals surface area contributed by atoms with E-state index in [9.17, 15) is 32.3 Å². The summed E-state index contributed by atoms with van der Waals surface area (Å²) in [4.78, 5) is 34.7. The molecule has 2 aliphatic rings. The predicted octanol–water partition coefficient (Wildman–Crippen LogP) is 2.61. The molecule has 2 fully saturated rings. The van der Waals surface area contributed by atoms with Gasteiger partial charge in [0.1, 0.15) is 11.4 Å². The molecule has 32 heavy (non-hydrogen) atoms. The minimum absolute atomic E-state index is 0.135. The molecule has 4 rings (SSSR count). The number of fused-ring (bicyclic) bond motifs is 1. The second-order valence-electron chi connectivity index (χ2n) is 7.74. The van der Waals surface area contributed by atoms with Crippen molar-refractivity contribution in [2.24, 2.45) is 0 Å². The summed E-state index contributed by atoms with van der Waals surface area (Å²) in [6.07, 6.45) is -1.80. The van der Waals surface area contributed by atoms with Crippen molar-refractivity contribution in [3.05, 3.63) is 39.9 Å². The second-order valence-corrected chi connectivity index (χ2v) is 7.74. The van der Waals surface area contributed by atoms with Gasteiger partial charge in [0.25, 0.3) is 0 Å². The van der Waals surface area contributed by atoms with Crippen molar-refractivity contribution in [2.75, 3.05) is 24.5 Å². The van der Waals surface area contributed by atoms with Gasteiger partial charge in [-0.1, -0.05) is 0 Å². The molecule has 0 bridgehead atoms. The molecule has 2 aromatic rings. The van der Waals surface area contributed by atoms with Gasteiger partial charge in [-0.15, -0.1) is 0 Å². The lowest BCUT2D eigenvalue weighted by Crippen LogP contribution is -2.49. The minimum Gasteiger partial charge on any atom is -0.477 e. The number of carboxylic acids is 2. The van der Waals surface area contributed by atoms with Crippen LogP contribution in [0.25, 0.3) is 10.9 Å². The molecule has 3 N–H and O–H groups in total. The number of piperazine rings is 1. The third kappa shape index (κ3) is 5.01. The molecule has 8 nitrogen and oxygen atoms in total.